The molecule has 0 saturated heterocycles. The summed E-state index contributed by atoms with van der Waals surface area (Å²) in [6.07, 6.45) is 3.53. The van der Waals surface area contributed by atoms with Crippen LogP contribution in [0.4, 0.5) is 0 Å². The minimum atomic E-state index is -0.150. The number of imidazole rings is 1. The van der Waals surface area contributed by atoms with E-state index in [1.165, 1.54) is 11.3 Å². The average Bonchev–Trinajstić information content (AvgIpc) is 3.33. The van der Waals surface area contributed by atoms with Gasteiger partial charge >= 0.3 is 0 Å². The molecule has 2 aromatic carbocycles. The molecule has 136 valence electrons. The third kappa shape index (κ3) is 2.75. The number of H-pyrrole nitrogens is 1. The summed E-state index contributed by atoms with van der Waals surface area (Å²) in [4.78, 5) is 26.8. The lowest BCUT2D eigenvalue weighted by molar-refractivity contribution is 0.913. The molecule has 0 amide bonds. The third-order valence-corrected chi connectivity index (χ3v) is 5.74. The Kier molecular flexibility index (Phi) is 3.91. The van der Waals surface area contributed by atoms with Crippen LogP contribution in [0.3, 0.4) is 0 Å². The molecule has 3 heterocycles. The van der Waals surface area contributed by atoms with Gasteiger partial charge in [0.2, 0.25) is 0 Å². The van der Waals surface area contributed by atoms with Crippen molar-refractivity contribution in [1.29, 1.82) is 0 Å². The summed E-state index contributed by atoms with van der Waals surface area (Å²) in [7, 11) is 1.89. The number of hydrogen-bond acceptors (Lipinski definition) is 4. The van der Waals surface area contributed by atoms with Crippen molar-refractivity contribution in [2.45, 2.75) is 0 Å². The number of nitrogens with one attached hydrogen (secondary N) is 1. The van der Waals surface area contributed by atoms with Crippen molar-refractivity contribution in [3.8, 4) is 33.1 Å². The van der Waals surface area contributed by atoms with Crippen LogP contribution in [0.5, 0.6) is 0 Å². The zero-order valence-electron chi connectivity index (χ0n) is 15.1. The van der Waals surface area contributed by atoms with Gasteiger partial charge in [-0.1, -0.05) is 60.7 Å². The Balaban J connectivity index is 1.83. The number of fused-ring (bicyclic) bond motifs is 1. The second kappa shape index (κ2) is 6.58. The fraction of sp³-hybridized carbons (Fsp3) is 0.0455. The Morgan fingerprint density at radius 2 is 1.64 bits per heavy atom. The number of aryl methyl sites for hydroxylation is 1. The van der Waals surface area contributed by atoms with Crippen LogP contribution >= 0.6 is 11.3 Å². The first-order valence-electron chi connectivity index (χ1n) is 8.87. The monoisotopic (exact) mass is 384 g/mol. The zero-order chi connectivity index (χ0) is 19.1. The number of hydrogen-bond donors (Lipinski definition) is 1. The Morgan fingerprint density at radius 3 is 2.29 bits per heavy atom. The molecule has 0 aliphatic heterocycles. The van der Waals surface area contributed by atoms with Crippen LogP contribution in [-0.4, -0.2) is 19.5 Å². The molecule has 0 radical (unpaired) electrons. The van der Waals surface area contributed by atoms with Gasteiger partial charge in [0.1, 0.15) is 10.5 Å². The normalized spacial score (nSPS) is 11.2. The molecule has 1 N–H and O–H groups in total. The van der Waals surface area contributed by atoms with Gasteiger partial charge in [0.25, 0.3) is 5.56 Å². The molecule has 0 atom stereocenters. The van der Waals surface area contributed by atoms with Crippen LogP contribution in [0, 0.1) is 0 Å². The van der Waals surface area contributed by atoms with Crippen LogP contribution in [-0.2, 0) is 7.05 Å². The number of nitrogens with zero attached hydrogens (tertiary/aromatic N) is 3. The molecule has 0 spiro atoms. The van der Waals surface area contributed by atoms with Crippen molar-refractivity contribution in [2.24, 2.45) is 7.05 Å². The quantitative estimate of drug-likeness (QED) is 0.490. The summed E-state index contributed by atoms with van der Waals surface area (Å²) in [5, 5.41) is 0.620. The SMILES string of the molecule is Cn1cnc(-c2nc3sc(-c4ccccc4)c(-c4ccccc4)c3c(=O)[nH]2)c1. The highest BCUT2D eigenvalue weighted by Crippen LogP contribution is 2.42. The van der Waals surface area contributed by atoms with Crippen molar-refractivity contribution >= 4 is 21.6 Å². The topological polar surface area (TPSA) is 63.6 Å². The minimum Gasteiger partial charge on any atom is -0.340 e. The first-order chi connectivity index (χ1) is 13.7. The van der Waals surface area contributed by atoms with Gasteiger partial charge in [-0.05, 0) is 11.1 Å². The van der Waals surface area contributed by atoms with Crippen molar-refractivity contribution in [3.05, 3.63) is 83.5 Å². The molecular weight excluding hydrogens is 368 g/mol. The fourth-order valence-electron chi connectivity index (χ4n) is 3.34. The molecule has 0 fully saturated rings. The Bertz CT molecular complexity index is 1330. The van der Waals surface area contributed by atoms with E-state index in [0.29, 0.717) is 21.7 Å². The van der Waals surface area contributed by atoms with Crippen molar-refractivity contribution < 1.29 is 0 Å². The van der Waals surface area contributed by atoms with Gasteiger partial charge in [-0.15, -0.1) is 11.3 Å². The van der Waals surface area contributed by atoms with Crippen molar-refractivity contribution in [3.63, 3.8) is 0 Å². The van der Waals surface area contributed by atoms with E-state index >= 15 is 0 Å². The molecule has 6 heteroatoms. The van der Waals surface area contributed by atoms with Gasteiger partial charge in [-0.25, -0.2) is 9.97 Å². The average molecular weight is 384 g/mol. The summed E-state index contributed by atoms with van der Waals surface area (Å²) in [5.74, 6) is 0.485. The van der Waals surface area contributed by atoms with Gasteiger partial charge in [0.05, 0.1) is 11.7 Å². The number of thiophene rings is 1. The van der Waals surface area contributed by atoms with Gasteiger partial charge in [-0.3, -0.25) is 4.79 Å². The van der Waals surface area contributed by atoms with Crippen LogP contribution < -0.4 is 5.56 Å². The molecular formula is C22H16N4OS. The molecule has 0 unspecified atom stereocenters. The highest BCUT2D eigenvalue weighted by molar-refractivity contribution is 7.22. The second-order valence-corrected chi connectivity index (χ2v) is 7.56. The molecule has 0 saturated carbocycles. The molecule has 0 aliphatic carbocycles. The van der Waals surface area contributed by atoms with E-state index in [2.05, 4.69) is 22.1 Å². The van der Waals surface area contributed by atoms with Gasteiger partial charge in [-0.2, -0.15) is 0 Å². The summed E-state index contributed by atoms with van der Waals surface area (Å²) in [5.41, 5.74) is 3.50. The van der Waals surface area contributed by atoms with Crippen LogP contribution in [0.25, 0.3) is 43.3 Å². The highest BCUT2D eigenvalue weighted by Gasteiger charge is 2.20. The maximum absolute atomic E-state index is 13.1. The minimum absolute atomic E-state index is 0.150. The van der Waals surface area contributed by atoms with Gasteiger partial charge in [0.15, 0.2) is 5.82 Å². The van der Waals surface area contributed by atoms with E-state index < -0.39 is 0 Å². The largest absolute Gasteiger partial charge is 0.340 e. The Hall–Kier alpha value is -3.51. The molecule has 5 rings (SSSR count). The molecule has 5 aromatic rings. The van der Waals surface area contributed by atoms with Gasteiger partial charge in [0, 0.05) is 23.7 Å². The summed E-state index contributed by atoms with van der Waals surface area (Å²) in [6, 6.07) is 20.1. The predicted molar refractivity (Wildman–Crippen MR) is 113 cm³/mol. The first-order valence-corrected chi connectivity index (χ1v) is 9.68. The molecule has 5 nitrogen and oxygen atoms in total. The summed E-state index contributed by atoms with van der Waals surface area (Å²) >= 11 is 1.54. The van der Waals surface area contributed by atoms with E-state index in [1.807, 2.05) is 66.3 Å². The Labute approximate surface area is 165 Å². The van der Waals surface area contributed by atoms with Crippen LogP contribution in [0.2, 0.25) is 0 Å². The van der Waals surface area contributed by atoms with Crippen LogP contribution in [0.1, 0.15) is 0 Å². The smallest absolute Gasteiger partial charge is 0.260 e. The predicted octanol–water partition coefficient (Wildman–Crippen LogP) is 4.72. The lowest BCUT2D eigenvalue weighted by atomic mass is 10.0. The highest BCUT2D eigenvalue weighted by atomic mass is 32.1. The Morgan fingerprint density at radius 1 is 0.964 bits per heavy atom. The van der Waals surface area contributed by atoms with Crippen molar-refractivity contribution in [2.75, 3.05) is 0 Å². The number of rotatable bonds is 3. The lowest BCUT2D eigenvalue weighted by Crippen LogP contribution is -2.09. The lowest BCUT2D eigenvalue weighted by Gasteiger charge is -2.05. The zero-order valence-corrected chi connectivity index (χ0v) is 15.9. The van der Waals surface area contributed by atoms with E-state index in [4.69, 9.17) is 4.98 Å². The molecule has 0 bridgehead atoms. The van der Waals surface area contributed by atoms with E-state index in [0.717, 1.165) is 21.6 Å². The summed E-state index contributed by atoms with van der Waals surface area (Å²) in [6.45, 7) is 0. The maximum atomic E-state index is 13.1. The van der Waals surface area contributed by atoms with E-state index in [9.17, 15) is 4.79 Å². The van der Waals surface area contributed by atoms with Gasteiger partial charge < -0.3 is 9.55 Å². The van der Waals surface area contributed by atoms with Crippen LogP contribution in [0.15, 0.2) is 78.0 Å². The standard InChI is InChI=1S/C22H16N4OS/c1-26-12-16(23-13-26)20-24-21(27)18-17(14-8-4-2-5-9-14)19(28-22(18)25-20)15-10-6-3-7-11-15/h2-13H,1H3,(H,24,25,27). The van der Waals surface area contributed by atoms with E-state index in [1.54, 1.807) is 6.33 Å². The second-order valence-electron chi connectivity index (χ2n) is 6.56. The molecule has 28 heavy (non-hydrogen) atoms. The number of aromatic nitrogens is 4. The third-order valence-electron chi connectivity index (χ3n) is 4.61. The fourth-order valence-corrected chi connectivity index (χ4v) is 4.54. The van der Waals surface area contributed by atoms with E-state index in [-0.39, 0.29) is 5.56 Å². The first kappa shape index (κ1) is 16.6. The van der Waals surface area contributed by atoms with Crippen molar-refractivity contribution in [1.82, 2.24) is 19.5 Å². The molecule has 0 aliphatic rings. The number of benzene rings is 2. The number of aromatic amines is 1. The molecule has 3 aromatic heterocycles. The maximum Gasteiger partial charge on any atom is 0.260 e. The summed E-state index contributed by atoms with van der Waals surface area (Å²) < 4.78 is 1.83.